The van der Waals surface area contributed by atoms with Crippen LogP contribution in [0.25, 0.3) is 0 Å². The molecule has 1 fully saturated rings. The van der Waals surface area contributed by atoms with Crippen molar-refractivity contribution in [3.8, 4) is 5.88 Å². The predicted octanol–water partition coefficient (Wildman–Crippen LogP) is 2.50. The summed E-state index contributed by atoms with van der Waals surface area (Å²) >= 11 is 5.86. The summed E-state index contributed by atoms with van der Waals surface area (Å²) in [6.07, 6.45) is 1.77. The number of aromatic nitrogens is 1. The molecule has 7 heteroatoms. The van der Waals surface area contributed by atoms with Gasteiger partial charge in [0.1, 0.15) is 0 Å². The highest BCUT2D eigenvalue weighted by Gasteiger charge is 2.19. The molecule has 138 valence electrons. The van der Waals surface area contributed by atoms with Crippen molar-refractivity contribution in [1.82, 2.24) is 14.8 Å². The molecule has 1 amide bonds. The number of amides is 1. The van der Waals surface area contributed by atoms with E-state index in [2.05, 4.69) is 20.1 Å². The van der Waals surface area contributed by atoms with Crippen molar-refractivity contribution >= 4 is 23.2 Å². The molecule has 1 aromatic heterocycles. The van der Waals surface area contributed by atoms with Gasteiger partial charge in [0.05, 0.1) is 13.7 Å². The van der Waals surface area contributed by atoms with Crippen molar-refractivity contribution in [3.63, 3.8) is 0 Å². The molecule has 0 aliphatic carbocycles. The second-order valence-electron chi connectivity index (χ2n) is 6.31. The van der Waals surface area contributed by atoms with Crippen LogP contribution in [-0.4, -0.2) is 60.5 Å². The number of hydrogen-bond donors (Lipinski definition) is 1. The van der Waals surface area contributed by atoms with Gasteiger partial charge in [-0.05, 0) is 35.9 Å². The van der Waals surface area contributed by atoms with Gasteiger partial charge in [-0.25, -0.2) is 4.98 Å². The summed E-state index contributed by atoms with van der Waals surface area (Å²) in [7, 11) is 1.62. The molecule has 1 aliphatic heterocycles. The smallest absolute Gasteiger partial charge is 0.238 e. The molecule has 0 radical (unpaired) electrons. The minimum atomic E-state index is -0.000331. The largest absolute Gasteiger partial charge is 0.481 e. The van der Waals surface area contributed by atoms with E-state index in [0.717, 1.165) is 38.4 Å². The lowest BCUT2D eigenvalue weighted by Gasteiger charge is -2.34. The first kappa shape index (κ1) is 18.6. The fourth-order valence-corrected chi connectivity index (χ4v) is 3.09. The lowest BCUT2D eigenvalue weighted by atomic mass is 10.2. The number of hydrogen-bond acceptors (Lipinski definition) is 5. The minimum Gasteiger partial charge on any atom is -0.481 e. The Balaban J connectivity index is 1.43. The molecule has 2 aromatic rings. The highest BCUT2D eigenvalue weighted by Crippen LogP contribution is 2.14. The van der Waals surface area contributed by atoms with Gasteiger partial charge in [-0.3, -0.25) is 14.6 Å². The first-order valence-electron chi connectivity index (χ1n) is 8.61. The number of rotatable bonds is 6. The lowest BCUT2D eigenvalue weighted by molar-refractivity contribution is -0.117. The zero-order valence-corrected chi connectivity index (χ0v) is 15.6. The summed E-state index contributed by atoms with van der Waals surface area (Å²) in [6.45, 7) is 4.87. The molecule has 6 nitrogen and oxygen atoms in total. The summed E-state index contributed by atoms with van der Waals surface area (Å²) in [5.41, 5.74) is 1.95. The van der Waals surface area contributed by atoms with E-state index in [9.17, 15) is 4.79 Å². The van der Waals surface area contributed by atoms with Gasteiger partial charge in [-0.15, -0.1) is 0 Å². The third-order valence-electron chi connectivity index (χ3n) is 4.37. The number of halogens is 1. The van der Waals surface area contributed by atoms with Gasteiger partial charge in [-0.2, -0.15) is 0 Å². The molecule has 0 bridgehead atoms. The normalized spacial score (nSPS) is 15.6. The molecule has 2 heterocycles. The Morgan fingerprint density at radius 1 is 1.15 bits per heavy atom. The van der Waals surface area contributed by atoms with Crippen molar-refractivity contribution in [3.05, 3.63) is 53.2 Å². The van der Waals surface area contributed by atoms with Crippen molar-refractivity contribution in [1.29, 1.82) is 0 Å². The number of nitrogens with one attached hydrogen (secondary N) is 1. The van der Waals surface area contributed by atoms with Crippen LogP contribution in [-0.2, 0) is 11.3 Å². The first-order chi connectivity index (χ1) is 12.6. The number of nitrogens with zero attached hydrogens (tertiary/aromatic N) is 3. The number of piperazine rings is 1. The molecule has 0 atom stereocenters. The zero-order valence-electron chi connectivity index (χ0n) is 14.8. The molecular weight excluding hydrogens is 352 g/mol. The highest BCUT2D eigenvalue weighted by atomic mass is 35.5. The Kier molecular flexibility index (Phi) is 6.44. The van der Waals surface area contributed by atoms with Gasteiger partial charge >= 0.3 is 0 Å². The van der Waals surface area contributed by atoms with Crippen molar-refractivity contribution in [2.24, 2.45) is 0 Å². The average molecular weight is 375 g/mol. The summed E-state index contributed by atoms with van der Waals surface area (Å²) in [4.78, 5) is 20.9. The standard InChI is InChI=1S/C19H23ClN4O2/c1-26-19-12-15(6-7-21-19)13-23-8-10-24(11-9-23)14-18(25)22-17-4-2-16(20)3-5-17/h2-7,12H,8-11,13-14H2,1H3,(H,22,25). The van der Waals surface area contributed by atoms with Crippen molar-refractivity contribution in [2.45, 2.75) is 6.54 Å². The number of pyridine rings is 1. The first-order valence-corrected chi connectivity index (χ1v) is 8.99. The van der Waals surface area contributed by atoms with Crippen LogP contribution in [0.4, 0.5) is 5.69 Å². The van der Waals surface area contributed by atoms with Gasteiger partial charge in [-0.1, -0.05) is 11.6 Å². The summed E-state index contributed by atoms with van der Waals surface area (Å²) in [5.74, 6) is 0.639. The van der Waals surface area contributed by atoms with E-state index in [0.29, 0.717) is 17.4 Å². The van der Waals surface area contributed by atoms with E-state index in [-0.39, 0.29) is 5.91 Å². The fourth-order valence-electron chi connectivity index (χ4n) is 2.96. The molecule has 26 heavy (non-hydrogen) atoms. The van der Waals surface area contributed by atoms with Gasteiger partial charge in [0.25, 0.3) is 0 Å². The monoisotopic (exact) mass is 374 g/mol. The van der Waals surface area contributed by atoms with E-state index >= 15 is 0 Å². The minimum absolute atomic E-state index is 0.000331. The van der Waals surface area contributed by atoms with E-state index in [4.69, 9.17) is 16.3 Å². The third kappa shape index (κ3) is 5.42. The summed E-state index contributed by atoms with van der Waals surface area (Å²) in [6, 6.07) is 11.1. The number of carbonyl (C=O) groups excluding carboxylic acids is 1. The number of benzene rings is 1. The number of ether oxygens (including phenoxy) is 1. The molecule has 0 saturated carbocycles. The Morgan fingerprint density at radius 3 is 2.54 bits per heavy atom. The molecule has 1 aromatic carbocycles. The zero-order chi connectivity index (χ0) is 18.4. The molecule has 3 rings (SSSR count). The highest BCUT2D eigenvalue weighted by molar-refractivity contribution is 6.30. The number of anilines is 1. The van der Waals surface area contributed by atoms with Crippen LogP contribution in [0.15, 0.2) is 42.6 Å². The molecule has 1 N–H and O–H groups in total. The van der Waals surface area contributed by atoms with Crippen LogP contribution in [0.2, 0.25) is 5.02 Å². The van der Waals surface area contributed by atoms with Crippen molar-refractivity contribution in [2.75, 3.05) is 45.2 Å². The van der Waals surface area contributed by atoms with Gasteiger partial charge in [0.15, 0.2) is 0 Å². The van der Waals surface area contributed by atoms with Gasteiger partial charge in [0, 0.05) is 55.7 Å². The van der Waals surface area contributed by atoms with E-state index in [1.54, 1.807) is 37.6 Å². The Bertz CT molecular complexity index is 731. The molecule has 1 aliphatic rings. The maximum Gasteiger partial charge on any atom is 0.238 e. The number of carbonyl (C=O) groups is 1. The Morgan fingerprint density at radius 2 is 1.85 bits per heavy atom. The van der Waals surface area contributed by atoms with Gasteiger partial charge < -0.3 is 10.1 Å². The lowest BCUT2D eigenvalue weighted by Crippen LogP contribution is -2.48. The Hall–Kier alpha value is -2.15. The van der Waals surface area contributed by atoms with Crippen LogP contribution in [0, 0.1) is 0 Å². The predicted molar refractivity (Wildman–Crippen MR) is 103 cm³/mol. The van der Waals surface area contributed by atoms with Crippen LogP contribution in [0.1, 0.15) is 5.56 Å². The van der Waals surface area contributed by atoms with Crippen LogP contribution in [0.5, 0.6) is 5.88 Å². The summed E-state index contributed by atoms with van der Waals surface area (Å²) in [5, 5.41) is 3.56. The second-order valence-corrected chi connectivity index (χ2v) is 6.75. The SMILES string of the molecule is COc1cc(CN2CCN(CC(=O)Nc3ccc(Cl)cc3)CC2)ccn1. The van der Waals surface area contributed by atoms with Crippen LogP contribution >= 0.6 is 11.6 Å². The third-order valence-corrected chi connectivity index (χ3v) is 4.63. The van der Waals surface area contributed by atoms with Gasteiger partial charge in [0.2, 0.25) is 11.8 Å². The second kappa shape index (κ2) is 8.98. The molecule has 1 saturated heterocycles. The quantitative estimate of drug-likeness (QED) is 0.841. The van der Waals surface area contributed by atoms with E-state index < -0.39 is 0 Å². The average Bonchev–Trinajstić information content (AvgIpc) is 2.65. The number of methoxy groups -OCH3 is 1. The maximum atomic E-state index is 12.2. The van der Waals surface area contributed by atoms with E-state index in [1.165, 1.54) is 5.56 Å². The molecule has 0 unspecified atom stereocenters. The summed E-state index contributed by atoms with van der Waals surface area (Å²) < 4.78 is 5.17. The fraction of sp³-hybridized carbons (Fsp3) is 0.368. The maximum absolute atomic E-state index is 12.2. The van der Waals surface area contributed by atoms with Crippen molar-refractivity contribution < 1.29 is 9.53 Å². The Labute approximate surface area is 158 Å². The van der Waals surface area contributed by atoms with Crippen LogP contribution in [0.3, 0.4) is 0 Å². The topological polar surface area (TPSA) is 57.7 Å². The molecular formula is C19H23ClN4O2. The molecule has 0 spiro atoms. The van der Waals surface area contributed by atoms with Crippen LogP contribution < -0.4 is 10.1 Å². The van der Waals surface area contributed by atoms with E-state index in [1.807, 2.05) is 12.1 Å².